The van der Waals surface area contributed by atoms with Gasteiger partial charge in [-0.3, -0.25) is 9.48 Å². The number of rotatable bonds is 4. The van der Waals surface area contributed by atoms with E-state index < -0.39 is 0 Å². The number of nitrogens with one attached hydrogen (secondary N) is 1. The summed E-state index contributed by atoms with van der Waals surface area (Å²) >= 11 is 0. The summed E-state index contributed by atoms with van der Waals surface area (Å²) in [7, 11) is 1.75. The first-order chi connectivity index (χ1) is 6.15. The Hall–Kier alpha value is -1.16. The molecule has 1 heterocycles. The monoisotopic (exact) mass is 181 g/mol. The smallest absolute Gasteiger partial charge is 0.179 e. The Morgan fingerprint density at radius 2 is 2.38 bits per heavy atom. The first-order valence-electron chi connectivity index (χ1n) is 4.37. The van der Waals surface area contributed by atoms with Gasteiger partial charge in [-0.2, -0.15) is 5.10 Å². The van der Waals surface area contributed by atoms with Crippen molar-refractivity contribution in [1.82, 2.24) is 15.1 Å². The third-order valence-corrected chi connectivity index (χ3v) is 1.79. The standard InChI is InChI=1S/C9H15N3O/c1-7(2)12-6-8(4-11-12)9(13)5-10-3/h4,6-7,10H,5H2,1-3H3. The third kappa shape index (κ3) is 2.39. The number of hydrogen-bond acceptors (Lipinski definition) is 3. The van der Waals surface area contributed by atoms with Gasteiger partial charge in [-0.1, -0.05) is 0 Å². The highest BCUT2D eigenvalue weighted by Crippen LogP contribution is 2.05. The minimum Gasteiger partial charge on any atom is -0.313 e. The molecule has 0 aliphatic heterocycles. The summed E-state index contributed by atoms with van der Waals surface area (Å²) < 4.78 is 1.78. The highest BCUT2D eigenvalue weighted by molar-refractivity contribution is 5.97. The Balaban J connectivity index is 2.73. The molecule has 0 spiro atoms. The molecule has 4 heteroatoms. The van der Waals surface area contributed by atoms with Crippen molar-refractivity contribution < 1.29 is 4.79 Å². The van der Waals surface area contributed by atoms with E-state index in [2.05, 4.69) is 10.4 Å². The number of Topliss-reactive ketones (excluding diaryl/α,β-unsaturated/α-hetero) is 1. The summed E-state index contributed by atoms with van der Waals surface area (Å²) in [5.74, 6) is 0.0781. The van der Waals surface area contributed by atoms with Crippen molar-refractivity contribution in [1.29, 1.82) is 0 Å². The van der Waals surface area contributed by atoms with Gasteiger partial charge < -0.3 is 5.32 Å². The molecule has 0 atom stereocenters. The zero-order valence-electron chi connectivity index (χ0n) is 8.24. The fourth-order valence-electron chi connectivity index (χ4n) is 1.03. The lowest BCUT2D eigenvalue weighted by Crippen LogP contribution is -2.18. The predicted molar refractivity (Wildman–Crippen MR) is 50.9 cm³/mol. The molecule has 1 rings (SSSR count). The van der Waals surface area contributed by atoms with Crippen LogP contribution in [-0.2, 0) is 0 Å². The number of carbonyl (C=O) groups is 1. The van der Waals surface area contributed by atoms with Crippen LogP contribution < -0.4 is 5.32 Å². The van der Waals surface area contributed by atoms with E-state index in [1.165, 1.54) is 0 Å². The van der Waals surface area contributed by atoms with Crippen molar-refractivity contribution in [3.8, 4) is 0 Å². The quantitative estimate of drug-likeness (QED) is 0.701. The topological polar surface area (TPSA) is 46.9 Å². The zero-order valence-corrected chi connectivity index (χ0v) is 8.24. The first kappa shape index (κ1) is 9.92. The van der Waals surface area contributed by atoms with Gasteiger partial charge in [0.2, 0.25) is 0 Å². The number of aromatic nitrogens is 2. The summed E-state index contributed by atoms with van der Waals surface area (Å²) in [5, 5.41) is 6.90. The number of hydrogen-bond donors (Lipinski definition) is 1. The molecule has 0 aromatic carbocycles. The lowest BCUT2D eigenvalue weighted by atomic mass is 10.2. The summed E-state index contributed by atoms with van der Waals surface area (Å²) in [4.78, 5) is 11.4. The Morgan fingerprint density at radius 3 is 2.85 bits per heavy atom. The third-order valence-electron chi connectivity index (χ3n) is 1.79. The highest BCUT2D eigenvalue weighted by atomic mass is 16.1. The van der Waals surface area contributed by atoms with Crippen LogP contribution in [0, 0.1) is 0 Å². The summed E-state index contributed by atoms with van der Waals surface area (Å²) in [6.07, 6.45) is 3.39. The number of ketones is 1. The fraction of sp³-hybridized carbons (Fsp3) is 0.556. The van der Waals surface area contributed by atoms with Gasteiger partial charge in [0, 0.05) is 12.2 Å². The molecule has 1 aromatic heterocycles. The Bertz CT molecular complexity index is 291. The molecular formula is C9H15N3O. The average molecular weight is 181 g/mol. The van der Waals surface area contributed by atoms with Crippen molar-refractivity contribution in [2.24, 2.45) is 0 Å². The minimum atomic E-state index is 0.0781. The normalized spacial score (nSPS) is 10.8. The first-order valence-corrected chi connectivity index (χ1v) is 4.37. The number of nitrogens with zero attached hydrogens (tertiary/aromatic N) is 2. The van der Waals surface area contributed by atoms with E-state index in [0.717, 1.165) is 0 Å². The molecule has 0 amide bonds. The van der Waals surface area contributed by atoms with Gasteiger partial charge >= 0.3 is 0 Å². The van der Waals surface area contributed by atoms with Crippen molar-refractivity contribution in [3.63, 3.8) is 0 Å². The van der Waals surface area contributed by atoms with E-state index >= 15 is 0 Å². The molecule has 0 bridgehead atoms. The minimum absolute atomic E-state index is 0.0781. The largest absolute Gasteiger partial charge is 0.313 e. The van der Waals surface area contributed by atoms with Crippen molar-refractivity contribution in [3.05, 3.63) is 18.0 Å². The second-order valence-electron chi connectivity index (χ2n) is 3.26. The van der Waals surface area contributed by atoms with E-state index in [0.29, 0.717) is 18.2 Å². The van der Waals surface area contributed by atoms with E-state index in [1.54, 1.807) is 24.1 Å². The van der Waals surface area contributed by atoms with Gasteiger partial charge in [-0.25, -0.2) is 0 Å². The summed E-state index contributed by atoms with van der Waals surface area (Å²) in [6.45, 7) is 4.42. The van der Waals surface area contributed by atoms with Crippen LogP contribution >= 0.6 is 0 Å². The van der Waals surface area contributed by atoms with Crippen LogP contribution in [0.15, 0.2) is 12.4 Å². The van der Waals surface area contributed by atoms with Gasteiger partial charge in [-0.05, 0) is 20.9 Å². The molecule has 4 nitrogen and oxygen atoms in total. The number of carbonyl (C=O) groups excluding carboxylic acids is 1. The molecule has 1 aromatic rings. The van der Waals surface area contributed by atoms with Crippen LogP contribution in [0.1, 0.15) is 30.2 Å². The molecule has 0 aliphatic rings. The molecule has 0 unspecified atom stereocenters. The number of likely N-dealkylation sites (N-methyl/N-ethyl adjacent to an activating group) is 1. The molecular weight excluding hydrogens is 166 g/mol. The van der Waals surface area contributed by atoms with E-state index in [9.17, 15) is 4.79 Å². The summed E-state index contributed by atoms with van der Waals surface area (Å²) in [6, 6.07) is 0.302. The van der Waals surface area contributed by atoms with Gasteiger partial charge in [-0.15, -0.1) is 0 Å². The molecule has 0 aliphatic carbocycles. The Labute approximate surface area is 77.9 Å². The van der Waals surface area contributed by atoms with Crippen molar-refractivity contribution in [2.45, 2.75) is 19.9 Å². The summed E-state index contributed by atoms with van der Waals surface area (Å²) in [5.41, 5.74) is 0.669. The second-order valence-corrected chi connectivity index (χ2v) is 3.26. The maximum atomic E-state index is 11.4. The maximum Gasteiger partial charge on any atom is 0.179 e. The Morgan fingerprint density at radius 1 is 1.69 bits per heavy atom. The van der Waals surface area contributed by atoms with Gasteiger partial charge in [0.05, 0.1) is 18.3 Å². The van der Waals surface area contributed by atoms with Crippen molar-refractivity contribution >= 4 is 5.78 Å². The van der Waals surface area contributed by atoms with E-state index in [1.807, 2.05) is 13.8 Å². The second kappa shape index (κ2) is 4.18. The van der Waals surface area contributed by atoms with Gasteiger partial charge in [0.25, 0.3) is 0 Å². The lowest BCUT2D eigenvalue weighted by Gasteiger charge is -2.02. The van der Waals surface area contributed by atoms with E-state index in [4.69, 9.17) is 0 Å². The Kier molecular flexibility index (Phi) is 3.19. The van der Waals surface area contributed by atoms with Crippen LogP contribution in [0.3, 0.4) is 0 Å². The van der Waals surface area contributed by atoms with Crippen LogP contribution in [0.4, 0.5) is 0 Å². The predicted octanol–water partition coefficient (Wildman–Crippen LogP) is 0.866. The average Bonchev–Trinajstić information content (AvgIpc) is 2.52. The highest BCUT2D eigenvalue weighted by Gasteiger charge is 2.08. The molecule has 0 fully saturated rings. The molecule has 0 radical (unpaired) electrons. The van der Waals surface area contributed by atoms with Gasteiger partial charge in [0.1, 0.15) is 0 Å². The van der Waals surface area contributed by atoms with Crippen LogP contribution in [0.2, 0.25) is 0 Å². The molecule has 0 saturated heterocycles. The van der Waals surface area contributed by atoms with Crippen LogP contribution in [0.5, 0.6) is 0 Å². The van der Waals surface area contributed by atoms with Crippen LogP contribution in [0.25, 0.3) is 0 Å². The zero-order chi connectivity index (χ0) is 9.84. The molecule has 72 valence electrons. The van der Waals surface area contributed by atoms with Gasteiger partial charge in [0.15, 0.2) is 5.78 Å². The maximum absolute atomic E-state index is 11.4. The molecule has 1 N–H and O–H groups in total. The lowest BCUT2D eigenvalue weighted by molar-refractivity contribution is 0.0993. The molecule has 13 heavy (non-hydrogen) atoms. The van der Waals surface area contributed by atoms with E-state index in [-0.39, 0.29) is 5.78 Å². The van der Waals surface area contributed by atoms with Crippen LogP contribution in [-0.4, -0.2) is 29.2 Å². The van der Waals surface area contributed by atoms with Crippen molar-refractivity contribution in [2.75, 3.05) is 13.6 Å². The SMILES string of the molecule is CNCC(=O)c1cnn(C(C)C)c1. The molecule has 0 saturated carbocycles. The fourth-order valence-corrected chi connectivity index (χ4v) is 1.03.